The second-order valence-electron chi connectivity index (χ2n) is 6.06. The molecule has 0 aliphatic carbocycles. The molecule has 0 aliphatic heterocycles. The molecule has 4 rings (SSSR count). The Bertz CT molecular complexity index is 1070. The molecular formula is C17H16N6O2. The first kappa shape index (κ1) is 15.3. The first-order chi connectivity index (χ1) is 12.1. The van der Waals surface area contributed by atoms with Crippen LogP contribution in [-0.2, 0) is 6.54 Å². The maximum atomic E-state index is 11.7. The normalized spacial score (nSPS) is 11.5. The Balaban J connectivity index is 1.60. The summed E-state index contributed by atoms with van der Waals surface area (Å²) in [4.78, 5) is 22.8. The molecule has 0 fully saturated rings. The Morgan fingerprint density at radius 3 is 2.80 bits per heavy atom. The molecule has 3 aromatic heterocycles. The van der Waals surface area contributed by atoms with Crippen LogP contribution in [0.4, 0.5) is 0 Å². The minimum Gasteiger partial charge on any atom is -0.337 e. The zero-order chi connectivity index (χ0) is 17.4. The van der Waals surface area contributed by atoms with Crippen LogP contribution in [0.5, 0.6) is 0 Å². The number of benzene rings is 1. The van der Waals surface area contributed by atoms with E-state index in [0.717, 1.165) is 5.56 Å². The van der Waals surface area contributed by atoms with Crippen molar-refractivity contribution in [3.8, 4) is 11.4 Å². The van der Waals surface area contributed by atoms with Crippen molar-refractivity contribution in [2.75, 3.05) is 0 Å². The molecule has 0 amide bonds. The van der Waals surface area contributed by atoms with E-state index >= 15 is 0 Å². The minimum absolute atomic E-state index is 0.229. The maximum Gasteiger partial charge on any atom is 0.261 e. The van der Waals surface area contributed by atoms with E-state index in [1.165, 1.54) is 18.1 Å². The van der Waals surface area contributed by atoms with Gasteiger partial charge in [0.2, 0.25) is 11.7 Å². The quantitative estimate of drug-likeness (QED) is 0.613. The van der Waals surface area contributed by atoms with Crippen molar-refractivity contribution in [3.63, 3.8) is 0 Å². The van der Waals surface area contributed by atoms with Crippen LogP contribution in [0.25, 0.3) is 22.4 Å². The Labute approximate surface area is 142 Å². The smallest absolute Gasteiger partial charge is 0.261 e. The molecule has 0 unspecified atom stereocenters. The molecule has 4 aromatic rings. The molecule has 0 bridgehead atoms. The third-order valence-electron chi connectivity index (χ3n) is 4.03. The highest BCUT2D eigenvalue weighted by atomic mass is 16.5. The molecule has 8 heteroatoms. The molecular weight excluding hydrogens is 320 g/mol. The van der Waals surface area contributed by atoms with E-state index in [9.17, 15) is 4.79 Å². The predicted molar refractivity (Wildman–Crippen MR) is 91.1 cm³/mol. The van der Waals surface area contributed by atoms with E-state index in [2.05, 4.69) is 51.2 Å². The second kappa shape index (κ2) is 5.97. The fraction of sp³-hybridized carbons (Fsp3) is 0.235. The average Bonchev–Trinajstić information content (AvgIpc) is 3.24. The molecule has 0 saturated carbocycles. The van der Waals surface area contributed by atoms with Gasteiger partial charge in [0.15, 0.2) is 5.65 Å². The van der Waals surface area contributed by atoms with E-state index in [-0.39, 0.29) is 12.1 Å². The molecule has 1 aromatic carbocycles. The molecule has 0 saturated heterocycles. The summed E-state index contributed by atoms with van der Waals surface area (Å²) in [6, 6.07) is 8.09. The zero-order valence-corrected chi connectivity index (χ0v) is 13.8. The fourth-order valence-electron chi connectivity index (χ4n) is 2.60. The minimum atomic E-state index is -0.229. The van der Waals surface area contributed by atoms with Crippen molar-refractivity contribution >= 4 is 11.0 Å². The van der Waals surface area contributed by atoms with Crippen LogP contribution in [0.15, 0.2) is 46.1 Å². The number of H-pyrrole nitrogens is 1. The van der Waals surface area contributed by atoms with Gasteiger partial charge in [0.1, 0.15) is 11.9 Å². The summed E-state index contributed by atoms with van der Waals surface area (Å²) in [6.45, 7) is 4.54. The Morgan fingerprint density at radius 2 is 2.04 bits per heavy atom. The van der Waals surface area contributed by atoms with Crippen LogP contribution < -0.4 is 5.56 Å². The lowest BCUT2D eigenvalue weighted by molar-refractivity contribution is 0.367. The van der Waals surface area contributed by atoms with Gasteiger partial charge in [0.25, 0.3) is 5.56 Å². The number of rotatable bonds is 4. The van der Waals surface area contributed by atoms with Gasteiger partial charge in [-0.25, -0.2) is 9.67 Å². The topological polar surface area (TPSA) is 102 Å². The van der Waals surface area contributed by atoms with Gasteiger partial charge in [-0.15, -0.1) is 0 Å². The van der Waals surface area contributed by atoms with Crippen LogP contribution in [0.2, 0.25) is 0 Å². The van der Waals surface area contributed by atoms with Gasteiger partial charge in [-0.1, -0.05) is 43.3 Å². The Morgan fingerprint density at radius 1 is 1.24 bits per heavy atom. The summed E-state index contributed by atoms with van der Waals surface area (Å²) in [7, 11) is 0. The number of fused-ring (bicyclic) bond motifs is 1. The van der Waals surface area contributed by atoms with Crippen LogP contribution in [0, 0.1) is 0 Å². The van der Waals surface area contributed by atoms with Gasteiger partial charge in [0.05, 0.1) is 12.5 Å². The Hall–Kier alpha value is -3.29. The summed E-state index contributed by atoms with van der Waals surface area (Å²) in [5.74, 6) is 1.39. The van der Waals surface area contributed by atoms with E-state index in [0.29, 0.717) is 28.7 Å². The molecule has 3 heterocycles. The first-order valence-electron chi connectivity index (χ1n) is 7.94. The molecule has 0 radical (unpaired) electrons. The molecule has 25 heavy (non-hydrogen) atoms. The van der Waals surface area contributed by atoms with E-state index in [4.69, 9.17) is 4.52 Å². The predicted octanol–water partition coefficient (Wildman–Crippen LogP) is 2.34. The highest BCUT2D eigenvalue weighted by Crippen LogP contribution is 2.20. The highest BCUT2D eigenvalue weighted by molar-refractivity contribution is 5.72. The lowest BCUT2D eigenvalue weighted by Crippen LogP contribution is -2.08. The van der Waals surface area contributed by atoms with Crippen LogP contribution in [0.3, 0.4) is 0 Å². The van der Waals surface area contributed by atoms with Gasteiger partial charge < -0.3 is 9.51 Å². The van der Waals surface area contributed by atoms with E-state index < -0.39 is 0 Å². The summed E-state index contributed by atoms with van der Waals surface area (Å²) >= 11 is 0. The molecule has 0 atom stereocenters. The third kappa shape index (κ3) is 2.82. The van der Waals surface area contributed by atoms with Crippen molar-refractivity contribution in [2.45, 2.75) is 26.3 Å². The van der Waals surface area contributed by atoms with Crippen molar-refractivity contribution in [2.24, 2.45) is 0 Å². The summed E-state index contributed by atoms with van der Waals surface area (Å²) < 4.78 is 6.87. The Kier molecular flexibility index (Phi) is 3.64. The second-order valence-corrected chi connectivity index (χ2v) is 6.06. The largest absolute Gasteiger partial charge is 0.337 e. The van der Waals surface area contributed by atoms with Gasteiger partial charge in [-0.2, -0.15) is 10.1 Å². The molecule has 8 nitrogen and oxygen atoms in total. The lowest BCUT2D eigenvalue weighted by Gasteiger charge is -2.04. The highest BCUT2D eigenvalue weighted by Gasteiger charge is 2.13. The standard InChI is InChI=1S/C17H16N6O2/c1-10(2)11-3-5-12(6-4-11)15-21-14(25-22-15)8-23-16-13(7-20-23)17(24)19-9-18-16/h3-7,9-10H,8H2,1-2H3,(H,18,19,24). The van der Waals surface area contributed by atoms with Gasteiger partial charge >= 0.3 is 0 Å². The third-order valence-corrected chi connectivity index (χ3v) is 4.03. The number of aromatic nitrogens is 6. The molecule has 0 spiro atoms. The maximum absolute atomic E-state index is 11.7. The number of aromatic amines is 1. The monoisotopic (exact) mass is 336 g/mol. The zero-order valence-electron chi connectivity index (χ0n) is 13.8. The van der Waals surface area contributed by atoms with Gasteiger partial charge in [0, 0.05) is 5.56 Å². The van der Waals surface area contributed by atoms with Crippen LogP contribution in [0.1, 0.15) is 31.2 Å². The van der Waals surface area contributed by atoms with Gasteiger partial charge in [-0.05, 0) is 11.5 Å². The summed E-state index contributed by atoms with van der Waals surface area (Å²) in [5, 5.41) is 8.62. The lowest BCUT2D eigenvalue weighted by atomic mass is 10.0. The van der Waals surface area contributed by atoms with E-state index in [1.54, 1.807) is 4.68 Å². The van der Waals surface area contributed by atoms with Crippen LogP contribution >= 0.6 is 0 Å². The van der Waals surface area contributed by atoms with E-state index in [1.807, 2.05) is 12.1 Å². The summed E-state index contributed by atoms with van der Waals surface area (Å²) in [6.07, 6.45) is 2.82. The number of nitrogens with one attached hydrogen (secondary N) is 1. The van der Waals surface area contributed by atoms with Crippen LogP contribution in [-0.4, -0.2) is 29.9 Å². The SMILES string of the molecule is CC(C)c1ccc(-c2noc(Cn3ncc4c(=O)[nH]cnc43)n2)cc1. The van der Waals surface area contributed by atoms with Crippen molar-refractivity contribution in [1.29, 1.82) is 0 Å². The van der Waals surface area contributed by atoms with Crippen molar-refractivity contribution in [3.05, 3.63) is 58.6 Å². The number of hydrogen-bond acceptors (Lipinski definition) is 6. The average molecular weight is 336 g/mol. The molecule has 1 N–H and O–H groups in total. The molecule has 0 aliphatic rings. The fourth-order valence-corrected chi connectivity index (χ4v) is 2.60. The van der Waals surface area contributed by atoms with Crippen molar-refractivity contribution in [1.82, 2.24) is 29.9 Å². The first-order valence-corrected chi connectivity index (χ1v) is 7.94. The van der Waals surface area contributed by atoms with Crippen molar-refractivity contribution < 1.29 is 4.52 Å². The number of hydrogen-bond donors (Lipinski definition) is 1. The number of nitrogens with zero attached hydrogens (tertiary/aromatic N) is 5. The summed E-state index contributed by atoms with van der Waals surface area (Å²) in [5.41, 5.74) is 2.39. The van der Waals surface area contributed by atoms with Gasteiger partial charge in [-0.3, -0.25) is 4.79 Å². The molecule has 126 valence electrons.